The van der Waals surface area contributed by atoms with E-state index < -0.39 is 32.9 Å². The minimum Gasteiger partial charge on any atom is -0.350 e. The number of rotatable bonds is 7. The Labute approximate surface area is 161 Å². The maximum Gasteiger partial charge on any atom is 0.271 e. The first-order valence-corrected chi connectivity index (χ1v) is 10.4. The van der Waals surface area contributed by atoms with Gasteiger partial charge in [-0.2, -0.15) is 0 Å². The van der Waals surface area contributed by atoms with Gasteiger partial charge in [-0.25, -0.2) is 8.42 Å². The highest BCUT2D eigenvalue weighted by atomic mass is 32.2. The monoisotopic (exact) mass is 399 g/mol. The number of amides is 1. The fourth-order valence-corrected chi connectivity index (χ4v) is 4.18. The van der Waals surface area contributed by atoms with Crippen molar-refractivity contribution in [1.82, 2.24) is 5.32 Å². The summed E-state index contributed by atoms with van der Waals surface area (Å²) in [6.45, 7) is 11.1. The van der Waals surface area contributed by atoms with Crippen molar-refractivity contribution < 1.29 is 18.1 Å². The van der Waals surface area contributed by atoms with Crippen molar-refractivity contribution in [1.29, 1.82) is 0 Å². The number of nitrogens with zero attached hydrogens (tertiary/aromatic N) is 2. The van der Waals surface area contributed by atoms with Gasteiger partial charge in [-0.15, -0.1) is 0 Å². The van der Waals surface area contributed by atoms with Crippen molar-refractivity contribution in [2.24, 2.45) is 5.41 Å². The van der Waals surface area contributed by atoms with E-state index >= 15 is 0 Å². The second-order valence-electron chi connectivity index (χ2n) is 8.67. The van der Waals surface area contributed by atoms with Crippen LogP contribution in [0.5, 0.6) is 0 Å². The Morgan fingerprint density at radius 2 is 1.78 bits per heavy atom. The van der Waals surface area contributed by atoms with E-state index in [0.29, 0.717) is 12.0 Å². The summed E-state index contributed by atoms with van der Waals surface area (Å²) in [4.78, 5) is 23.0. The highest BCUT2D eigenvalue weighted by Crippen LogP contribution is 2.29. The third kappa shape index (κ3) is 7.16. The van der Waals surface area contributed by atoms with Crippen LogP contribution in [0.1, 0.15) is 46.6 Å². The van der Waals surface area contributed by atoms with Gasteiger partial charge < -0.3 is 5.32 Å². The van der Waals surface area contributed by atoms with E-state index in [1.54, 1.807) is 6.92 Å². The number of non-ortho nitro benzene ring substituents is 1. The smallest absolute Gasteiger partial charge is 0.271 e. The third-order valence-corrected chi connectivity index (χ3v) is 4.94. The average molecular weight is 400 g/mol. The van der Waals surface area contributed by atoms with Gasteiger partial charge in [0.25, 0.3) is 5.69 Å². The molecule has 1 amide bonds. The molecule has 0 aliphatic rings. The lowest BCUT2D eigenvalue weighted by atomic mass is 9.82. The van der Waals surface area contributed by atoms with Crippen molar-refractivity contribution in [2.75, 3.05) is 17.1 Å². The number of nitrogens with one attached hydrogen (secondary N) is 1. The lowest BCUT2D eigenvalue weighted by Crippen LogP contribution is -2.50. The number of benzene rings is 1. The molecule has 8 nitrogen and oxygen atoms in total. The number of carbonyl (C=O) groups excluding carboxylic acids is 1. The van der Waals surface area contributed by atoms with Crippen LogP contribution in [0.25, 0.3) is 0 Å². The Morgan fingerprint density at radius 3 is 2.22 bits per heavy atom. The largest absolute Gasteiger partial charge is 0.350 e. The van der Waals surface area contributed by atoms with Gasteiger partial charge in [-0.05, 0) is 38.2 Å². The molecule has 0 saturated heterocycles. The number of hydrogen-bond donors (Lipinski definition) is 1. The number of anilines is 1. The molecule has 0 spiro atoms. The Hall–Kier alpha value is -2.16. The van der Waals surface area contributed by atoms with E-state index in [0.717, 1.165) is 10.6 Å². The minimum absolute atomic E-state index is 0.0239. The van der Waals surface area contributed by atoms with Crippen LogP contribution in [0.2, 0.25) is 0 Å². The quantitative estimate of drug-likeness (QED) is 0.560. The molecule has 152 valence electrons. The molecule has 9 heteroatoms. The Bertz CT molecular complexity index is 826. The van der Waals surface area contributed by atoms with E-state index in [4.69, 9.17) is 0 Å². The van der Waals surface area contributed by atoms with E-state index in [1.165, 1.54) is 18.2 Å². The van der Waals surface area contributed by atoms with Crippen molar-refractivity contribution >= 4 is 27.3 Å². The SMILES string of the molecule is Cc1ccc([N+](=O)[O-])cc1N(CC(=O)NC(C)(C)CC(C)(C)C)S(C)(=O)=O. The Morgan fingerprint density at radius 1 is 1.22 bits per heavy atom. The zero-order valence-corrected chi connectivity index (χ0v) is 17.8. The molecule has 1 aromatic carbocycles. The van der Waals surface area contributed by atoms with Gasteiger partial charge >= 0.3 is 0 Å². The Kier molecular flexibility index (Phi) is 6.64. The minimum atomic E-state index is -3.82. The summed E-state index contributed by atoms with van der Waals surface area (Å²) in [7, 11) is -3.82. The summed E-state index contributed by atoms with van der Waals surface area (Å²) in [5, 5.41) is 13.9. The lowest BCUT2D eigenvalue weighted by molar-refractivity contribution is -0.384. The number of hydrogen-bond acceptors (Lipinski definition) is 5. The van der Waals surface area contributed by atoms with Crippen molar-refractivity contribution in [3.8, 4) is 0 Å². The summed E-state index contributed by atoms with van der Waals surface area (Å²) in [5.74, 6) is -0.472. The predicted octanol–water partition coefficient (Wildman–Crippen LogP) is 3.00. The number of sulfonamides is 1. The predicted molar refractivity (Wildman–Crippen MR) is 106 cm³/mol. The molecular formula is C18H29N3O5S. The molecule has 27 heavy (non-hydrogen) atoms. The summed E-state index contributed by atoms with van der Waals surface area (Å²) in [6, 6.07) is 3.93. The first-order chi connectivity index (χ1) is 12.0. The van der Waals surface area contributed by atoms with Gasteiger partial charge in [0.1, 0.15) is 6.54 Å². The van der Waals surface area contributed by atoms with Gasteiger partial charge in [0, 0.05) is 17.7 Å². The standard InChI is InChI=1S/C18H29N3O5S/c1-13-8-9-14(21(23)24)10-15(13)20(27(7,25)26)11-16(22)19-18(5,6)12-17(2,3)4/h8-10H,11-12H2,1-7H3,(H,19,22). The summed E-state index contributed by atoms with van der Waals surface area (Å²) in [5.41, 5.74) is -0.152. The summed E-state index contributed by atoms with van der Waals surface area (Å²) < 4.78 is 25.4. The highest BCUT2D eigenvalue weighted by molar-refractivity contribution is 7.92. The van der Waals surface area contributed by atoms with Crippen LogP contribution in [0.4, 0.5) is 11.4 Å². The van der Waals surface area contributed by atoms with Crippen molar-refractivity contribution in [3.05, 3.63) is 33.9 Å². The van der Waals surface area contributed by atoms with Gasteiger partial charge in [0.15, 0.2) is 0 Å². The molecule has 0 radical (unpaired) electrons. The van der Waals surface area contributed by atoms with Crippen LogP contribution in [-0.4, -0.2) is 37.6 Å². The van der Waals surface area contributed by atoms with E-state index in [1.807, 2.05) is 13.8 Å². The van der Waals surface area contributed by atoms with Gasteiger partial charge in [0.2, 0.25) is 15.9 Å². The molecule has 0 aromatic heterocycles. The maximum absolute atomic E-state index is 12.6. The van der Waals surface area contributed by atoms with Crippen molar-refractivity contribution in [3.63, 3.8) is 0 Å². The van der Waals surface area contributed by atoms with E-state index in [2.05, 4.69) is 26.1 Å². The molecule has 0 bridgehead atoms. The molecule has 0 atom stereocenters. The second kappa shape index (κ2) is 7.84. The third-order valence-electron chi connectivity index (χ3n) is 3.81. The first-order valence-electron chi connectivity index (χ1n) is 8.56. The lowest BCUT2D eigenvalue weighted by Gasteiger charge is -2.34. The van der Waals surface area contributed by atoms with Crippen molar-refractivity contribution in [2.45, 2.75) is 53.5 Å². The molecule has 0 saturated carbocycles. The summed E-state index contributed by atoms with van der Waals surface area (Å²) in [6.07, 6.45) is 1.67. The van der Waals surface area contributed by atoms with Crippen LogP contribution in [0.15, 0.2) is 18.2 Å². The molecule has 0 heterocycles. The van der Waals surface area contributed by atoms with E-state index in [-0.39, 0.29) is 16.8 Å². The maximum atomic E-state index is 12.6. The second-order valence-corrected chi connectivity index (χ2v) is 10.6. The molecule has 0 aliphatic heterocycles. The first kappa shape index (κ1) is 22.9. The Balaban J connectivity index is 3.16. The average Bonchev–Trinajstić information content (AvgIpc) is 2.40. The number of nitro groups is 1. The molecule has 1 rings (SSSR count). The molecule has 0 fully saturated rings. The van der Waals surface area contributed by atoms with Crippen LogP contribution in [0.3, 0.4) is 0 Å². The zero-order chi connectivity index (χ0) is 21.2. The fourth-order valence-electron chi connectivity index (χ4n) is 3.28. The topological polar surface area (TPSA) is 110 Å². The highest BCUT2D eigenvalue weighted by Gasteiger charge is 2.30. The number of nitro benzene ring substituents is 1. The summed E-state index contributed by atoms with van der Waals surface area (Å²) >= 11 is 0. The molecular weight excluding hydrogens is 370 g/mol. The normalized spacial score (nSPS) is 12.6. The van der Waals surface area contributed by atoms with Gasteiger partial charge in [0.05, 0.1) is 16.9 Å². The van der Waals surface area contributed by atoms with Crippen LogP contribution < -0.4 is 9.62 Å². The van der Waals surface area contributed by atoms with Crippen LogP contribution >= 0.6 is 0 Å². The van der Waals surface area contributed by atoms with Gasteiger partial charge in [-0.3, -0.25) is 19.2 Å². The van der Waals surface area contributed by atoms with Gasteiger partial charge in [-0.1, -0.05) is 26.8 Å². The molecule has 0 aliphatic carbocycles. The number of aryl methyl sites for hydroxylation is 1. The van der Waals surface area contributed by atoms with E-state index in [9.17, 15) is 23.3 Å². The molecule has 0 unspecified atom stereocenters. The zero-order valence-electron chi connectivity index (χ0n) is 17.0. The van der Waals surface area contributed by atoms with Crippen LogP contribution in [-0.2, 0) is 14.8 Å². The molecule has 1 aromatic rings. The van der Waals surface area contributed by atoms with Crippen LogP contribution in [0, 0.1) is 22.5 Å². The molecule has 1 N–H and O–H groups in total. The fraction of sp³-hybridized carbons (Fsp3) is 0.611. The number of carbonyl (C=O) groups is 1.